The van der Waals surface area contributed by atoms with Gasteiger partial charge in [-0.05, 0) is 36.3 Å². The van der Waals surface area contributed by atoms with Gasteiger partial charge < -0.3 is 9.88 Å². The smallest absolute Gasteiger partial charge is 0.244 e. The van der Waals surface area contributed by atoms with Crippen LogP contribution in [-0.2, 0) is 11.3 Å². The minimum Gasteiger partial charge on any atom is -0.352 e. The lowest BCUT2D eigenvalue weighted by Gasteiger charge is -2.05. The Balaban J connectivity index is 1.44. The largest absolute Gasteiger partial charge is 0.352 e. The summed E-state index contributed by atoms with van der Waals surface area (Å²) < 4.78 is 2.11. The molecule has 23 heavy (non-hydrogen) atoms. The number of amides is 1. The standard InChI is InChI=1S/C19H19N3O/c23-18(10-9-16-6-2-1-3-7-16)20-13-5-14-22-15-11-17-8-4-12-21-19(17)22/h1-4,6-12,15H,5,13-14H2,(H,20,23)/b10-9+. The molecule has 0 fully saturated rings. The summed E-state index contributed by atoms with van der Waals surface area (Å²) in [5, 5.41) is 4.04. The molecule has 0 bridgehead atoms. The fourth-order valence-electron chi connectivity index (χ4n) is 2.46. The third-order valence-electron chi connectivity index (χ3n) is 3.62. The molecule has 0 saturated heterocycles. The molecular weight excluding hydrogens is 286 g/mol. The summed E-state index contributed by atoms with van der Waals surface area (Å²) >= 11 is 0. The van der Waals surface area contributed by atoms with E-state index in [9.17, 15) is 4.79 Å². The van der Waals surface area contributed by atoms with Crippen molar-refractivity contribution in [3.63, 3.8) is 0 Å². The van der Waals surface area contributed by atoms with Crippen LogP contribution in [0.5, 0.6) is 0 Å². The van der Waals surface area contributed by atoms with Crippen LogP contribution in [0, 0.1) is 0 Å². The van der Waals surface area contributed by atoms with E-state index in [1.165, 1.54) is 0 Å². The lowest BCUT2D eigenvalue weighted by atomic mass is 10.2. The minimum atomic E-state index is -0.0654. The third-order valence-corrected chi connectivity index (χ3v) is 3.62. The van der Waals surface area contributed by atoms with Gasteiger partial charge in [-0.15, -0.1) is 0 Å². The van der Waals surface area contributed by atoms with Gasteiger partial charge in [0.25, 0.3) is 0 Å². The maximum Gasteiger partial charge on any atom is 0.244 e. The minimum absolute atomic E-state index is 0.0654. The maximum atomic E-state index is 11.8. The zero-order valence-electron chi connectivity index (χ0n) is 12.9. The number of rotatable bonds is 6. The number of aryl methyl sites for hydroxylation is 1. The number of carbonyl (C=O) groups excluding carboxylic acids is 1. The molecule has 1 aromatic carbocycles. The van der Waals surface area contributed by atoms with Crippen molar-refractivity contribution >= 4 is 23.0 Å². The Kier molecular flexibility index (Phi) is 4.84. The highest BCUT2D eigenvalue weighted by atomic mass is 16.1. The number of hydrogen-bond donors (Lipinski definition) is 1. The van der Waals surface area contributed by atoms with Crippen LogP contribution in [0.2, 0.25) is 0 Å². The number of fused-ring (bicyclic) bond motifs is 1. The van der Waals surface area contributed by atoms with E-state index >= 15 is 0 Å². The van der Waals surface area contributed by atoms with E-state index in [4.69, 9.17) is 0 Å². The first-order chi connectivity index (χ1) is 11.3. The van der Waals surface area contributed by atoms with E-state index < -0.39 is 0 Å². The quantitative estimate of drug-likeness (QED) is 0.561. The highest BCUT2D eigenvalue weighted by Gasteiger charge is 2.01. The molecular formula is C19H19N3O. The molecule has 1 amide bonds. The lowest BCUT2D eigenvalue weighted by molar-refractivity contribution is -0.116. The van der Waals surface area contributed by atoms with Gasteiger partial charge in [0.1, 0.15) is 5.65 Å². The number of nitrogens with one attached hydrogen (secondary N) is 1. The zero-order valence-corrected chi connectivity index (χ0v) is 12.9. The number of hydrogen-bond acceptors (Lipinski definition) is 2. The first-order valence-corrected chi connectivity index (χ1v) is 7.74. The molecule has 0 aliphatic rings. The zero-order chi connectivity index (χ0) is 15.9. The second kappa shape index (κ2) is 7.40. The number of benzene rings is 1. The van der Waals surface area contributed by atoms with Crippen LogP contribution in [-0.4, -0.2) is 22.0 Å². The molecule has 116 valence electrons. The first-order valence-electron chi connectivity index (χ1n) is 7.74. The van der Waals surface area contributed by atoms with Gasteiger partial charge in [0.05, 0.1) is 0 Å². The van der Waals surface area contributed by atoms with Gasteiger partial charge in [-0.25, -0.2) is 4.98 Å². The van der Waals surface area contributed by atoms with Gasteiger partial charge in [0.2, 0.25) is 5.91 Å². The van der Waals surface area contributed by atoms with E-state index in [0.717, 1.165) is 29.6 Å². The second-order valence-electron chi connectivity index (χ2n) is 5.31. The van der Waals surface area contributed by atoms with Gasteiger partial charge in [0.15, 0.2) is 0 Å². The molecule has 0 spiro atoms. The monoisotopic (exact) mass is 305 g/mol. The number of carbonyl (C=O) groups is 1. The van der Waals surface area contributed by atoms with Gasteiger partial charge in [-0.3, -0.25) is 4.79 Å². The molecule has 0 aliphatic carbocycles. The SMILES string of the molecule is O=C(/C=C/c1ccccc1)NCCCn1ccc2cccnc21. The Morgan fingerprint density at radius 1 is 1.13 bits per heavy atom. The third kappa shape index (κ3) is 4.07. The second-order valence-corrected chi connectivity index (χ2v) is 5.31. The molecule has 0 radical (unpaired) electrons. The average Bonchev–Trinajstić information content (AvgIpc) is 3.01. The number of aromatic nitrogens is 2. The molecule has 4 heteroatoms. The molecule has 0 aliphatic heterocycles. The van der Waals surface area contributed by atoms with Gasteiger partial charge >= 0.3 is 0 Å². The Bertz CT molecular complexity index is 806. The summed E-state index contributed by atoms with van der Waals surface area (Å²) in [4.78, 5) is 16.2. The molecule has 3 rings (SSSR count). The van der Waals surface area contributed by atoms with Crippen LogP contribution in [0.4, 0.5) is 0 Å². The maximum absolute atomic E-state index is 11.8. The van der Waals surface area contributed by atoms with E-state index in [0.29, 0.717) is 6.54 Å². The van der Waals surface area contributed by atoms with Crippen molar-refractivity contribution in [2.45, 2.75) is 13.0 Å². The van der Waals surface area contributed by atoms with Crippen LogP contribution in [0.1, 0.15) is 12.0 Å². The predicted octanol–water partition coefficient (Wildman–Crippen LogP) is 3.26. The summed E-state index contributed by atoms with van der Waals surface area (Å²) in [5.74, 6) is -0.0654. The van der Waals surface area contributed by atoms with Gasteiger partial charge in [-0.1, -0.05) is 30.3 Å². The lowest BCUT2D eigenvalue weighted by Crippen LogP contribution is -2.23. The summed E-state index contributed by atoms with van der Waals surface area (Å²) in [6.07, 6.45) is 8.09. The van der Waals surface area contributed by atoms with Crippen LogP contribution >= 0.6 is 0 Å². The van der Waals surface area contributed by atoms with Crippen molar-refractivity contribution in [2.24, 2.45) is 0 Å². The van der Waals surface area contributed by atoms with E-state index in [2.05, 4.69) is 27.0 Å². The molecule has 2 heterocycles. The molecule has 0 atom stereocenters. The van der Waals surface area contributed by atoms with Crippen molar-refractivity contribution in [3.05, 3.63) is 72.6 Å². The van der Waals surface area contributed by atoms with E-state index in [1.54, 1.807) is 12.3 Å². The van der Waals surface area contributed by atoms with Gasteiger partial charge in [0, 0.05) is 36.9 Å². The Labute approximate surface area is 135 Å². The first kappa shape index (κ1) is 15.0. The Morgan fingerprint density at radius 3 is 2.87 bits per heavy atom. The molecule has 3 aromatic rings. The number of nitrogens with zero attached hydrogens (tertiary/aromatic N) is 2. The number of pyridine rings is 1. The topological polar surface area (TPSA) is 46.9 Å². The van der Waals surface area contributed by atoms with Crippen LogP contribution in [0.3, 0.4) is 0 Å². The summed E-state index contributed by atoms with van der Waals surface area (Å²) in [5.41, 5.74) is 2.01. The van der Waals surface area contributed by atoms with Crippen molar-refractivity contribution in [1.82, 2.24) is 14.9 Å². The van der Waals surface area contributed by atoms with Crippen molar-refractivity contribution < 1.29 is 4.79 Å². The van der Waals surface area contributed by atoms with E-state index in [1.807, 2.05) is 48.7 Å². The van der Waals surface area contributed by atoms with Crippen LogP contribution < -0.4 is 5.32 Å². The fraction of sp³-hybridized carbons (Fsp3) is 0.158. The average molecular weight is 305 g/mol. The molecule has 4 nitrogen and oxygen atoms in total. The molecule has 0 unspecified atom stereocenters. The summed E-state index contributed by atoms with van der Waals surface area (Å²) in [6.45, 7) is 1.48. The normalized spacial score (nSPS) is 11.1. The predicted molar refractivity (Wildman–Crippen MR) is 92.8 cm³/mol. The summed E-state index contributed by atoms with van der Waals surface area (Å²) in [6, 6.07) is 15.8. The van der Waals surface area contributed by atoms with E-state index in [-0.39, 0.29) is 5.91 Å². The van der Waals surface area contributed by atoms with Crippen LogP contribution in [0.25, 0.3) is 17.1 Å². The fourth-order valence-corrected chi connectivity index (χ4v) is 2.46. The molecule has 1 N–H and O–H groups in total. The summed E-state index contributed by atoms with van der Waals surface area (Å²) in [7, 11) is 0. The molecule has 2 aromatic heterocycles. The highest BCUT2D eigenvalue weighted by molar-refractivity contribution is 5.91. The van der Waals surface area contributed by atoms with Crippen molar-refractivity contribution in [2.75, 3.05) is 6.54 Å². The van der Waals surface area contributed by atoms with Gasteiger partial charge in [-0.2, -0.15) is 0 Å². The van der Waals surface area contributed by atoms with Crippen molar-refractivity contribution in [1.29, 1.82) is 0 Å². The Morgan fingerprint density at radius 2 is 2.00 bits per heavy atom. The van der Waals surface area contributed by atoms with Crippen LogP contribution in [0.15, 0.2) is 67.0 Å². The van der Waals surface area contributed by atoms with Crippen molar-refractivity contribution in [3.8, 4) is 0 Å². The highest BCUT2D eigenvalue weighted by Crippen LogP contribution is 2.12. The Hall–Kier alpha value is -2.88. The molecule has 0 saturated carbocycles.